The maximum atomic E-state index is 2.77. The van der Waals surface area contributed by atoms with E-state index in [1.54, 1.807) is 11.3 Å². The number of hydrogen-bond acceptors (Lipinski definition) is 2. The van der Waals surface area contributed by atoms with Gasteiger partial charge in [0, 0.05) is 42.8 Å². The van der Waals surface area contributed by atoms with Crippen molar-refractivity contribution < 1.29 is 0 Å². The predicted octanol–water partition coefficient (Wildman–Crippen LogP) is 4.41. The fourth-order valence-corrected chi connectivity index (χ4v) is 4.87. The summed E-state index contributed by atoms with van der Waals surface area (Å²) < 4.78 is 2.64. The van der Waals surface area contributed by atoms with Gasteiger partial charge in [0.05, 0.1) is 6.04 Å². The van der Waals surface area contributed by atoms with E-state index in [4.69, 9.17) is 0 Å². The van der Waals surface area contributed by atoms with Crippen molar-refractivity contribution in [2.75, 3.05) is 32.7 Å². The first-order valence-electron chi connectivity index (χ1n) is 9.81. The van der Waals surface area contributed by atoms with Gasteiger partial charge in [-0.3, -0.25) is 4.90 Å². The Kier molecular flexibility index (Phi) is 5.77. The molecule has 1 aliphatic carbocycles. The third-order valence-electron chi connectivity index (χ3n) is 6.24. The summed E-state index contributed by atoms with van der Waals surface area (Å²) in [5, 5.41) is 1.53. The molecule has 2 aromatic rings. The Morgan fingerprint density at radius 2 is 1.96 bits per heavy atom. The van der Waals surface area contributed by atoms with E-state index in [1.807, 2.05) is 0 Å². The van der Waals surface area contributed by atoms with Gasteiger partial charge in [-0.2, -0.15) is 0 Å². The molecule has 2 aliphatic rings. The first-order chi connectivity index (χ1) is 11.7. The largest absolute Gasteiger partial charge is 0.342 e. The van der Waals surface area contributed by atoms with Crippen LogP contribution in [-0.4, -0.2) is 47.1 Å². The zero-order valence-electron chi connectivity index (χ0n) is 15.9. The quantitative estimate of drug-likeness (QED) is 0.781. The van der Waals surface area contributed by atoms with Gasteiger partial charge in [-0.1, -0.05) is 25.5 Å². The highest BCUT2D eigenvalue weighted by Gasteiger charge is 2.34. The highest BCUT2D eigenvalue weighted by Crippen LogP contribution is 2.42. The lowest BCUT2D eigenvalue weighted by Gasteiger charge is -2.40. The Balaban J connectivity index is 0.00000182. The SMILES string of the molecule is CCN(CC)CCN1CCn2c3c(c4cc(C)ccc42)CCCC31.Cl. The molecule has 0 amide bonds. The zero-order valence-corrected chi connectivity index (χ0v) is 16.7. The molecular formula is C21H32ClN3. The van der Waals surface area contributed by atoms with E-state index in [2.05, 4.69) is 53.3 Å². The van der Waals surface area contributed by atoms with Gasteiger partial charge in [0.1, 0.15) is 0 Å². The van der Waals surface area contributed by atoms with E-state index in [-0.39, 0.29) is 12.4 Å². The summed E-state index contributed by atoms with van der Waals surface area (Å²) in [7, 11) is 0. The minimum Gasteiger partial charge on any atom is -0.342 e. The zero-order chi connectivity index (χ0) is 16.7. The summed E-state index contributed by atoms with van der Waals surface area (Å²) in [6.07, 6.45) is 3.94. The lowest BCUT2D eigenvalue weighted by Crippen LogP contribution is -2.43. The molecule has 0 bridgehead atoms. The molecule has 1 unspecified atom stereocenters. The Labute approximate surface area is 158 Å². The van der Waals surface area contributed by atoms with Crippen molar-refractivity contribution in [2.45, 2.75) is 52.6 Å². The average Bonchev–Trinajstić information content (AvgIpc) is 2.92. The van der Waals surface area contributed by atoms with Crippen LogP contribution in [0.4, 0.5) is 0 Å². The number of fused-ring (bicyclic) bond motifs is 3. The molecule has 1 atom stereocenters. The first kappa shape index (κ1) is 18.8. The molecule has 0 spiro atoms. The van der Waals surface area contributed by atoms with E-state index < -0.39 is 0 Å². The summed E-state index contributed by atoms with van der Waals surface area (Å²) in [6, 6.07) is 7.69. The van der Waals surface area contributed by atoms with Crippen LogP contribution in [0.5, 0.6) is 0 Å². The molecule has 25 heavy (non-hydrogen) atoms. The molecule has 0 radical (unpaired) electrons. The van der Waals surface area contributed by atoms with Crippen LogP contribution in [0.15, 0.2) is 18.2 Å². The van der Waals surface area contributed by atoms with Gasteiger partial charge in [0.15, 0.2) is 0 Å². The molecule has 0 saturated carbocycles. The van der Waals surface area contributed by atoms with Gasteiger partial charge < -0.3 is 9.47 Å². The van der Waals surface area contributed by atoms with Crippen LogP contribution >= 0.6 is 12.4 Å². The average molecular weight is 362 g/mol. The van der Waals surface area contributed by atoms with Gasteiger partial charge in [-0.25, -0.2) is 0 Å². The van der Waals surface area contributed by atoms with Crippen LogP contribution in [0.1, 0.15) is 49.6 Å². The van der Waals surface area contributed by atoms with Crippen LogP contribution < -0.4 is 0 Å². The smallest absolute Gasteiger partial charge is 0.0505 e. The van der Waals surface area contributed by atoms with Crippen molar-refractivity contribution in [1.29, 1.82) is 0 Å². The van der Waals surface area contributed by atoms with E-state index >= 15 is 0 Å². The topological polar surface area (TPSA) is 11.4 Å². The minimum atomic E-state index is 0. The molecule has 1 aromatic heterocycles. The van der Waals surface area contributed by atoms with E-state index in [1.165, 1.54) is 68.5 Å². The van der Waals surface area contributed by atoms with E-state index in [0.717, 1.165) is 6.54 Å². The lowest BCUT2D eigenvalue weighted by molar-refractivity contribution is 0.122. The Morgan fingerprint density at radius 1 is 1.16 bits per heavy atom. The highest BCUT2D eigenvalue weighted by atomic mass is 35.5. The molecule has 1 aromatic carbocycles. The van der Waals surface area contributed by atoms with Crippen molar-refractivity contribution in [3.05, 3.63) is 35.0 Å². The second-order valence-electron chi connectivity index (χ2n) is 7.51. The number of benzene rings is 1. The Hall–Kier alpha value is -1.03. The molecule has 0 fully saturated rings. The summed E-state index contributed by atoms with van der Waals surface area (Å²) in [4.78, 5) is 5.32. The van der Waals surface area contributed by atoms with E-state index in [9.17, 15) is 0 Å². The number of likely N-dealkylation sites (N-methyl/N-ethyl adjacent to an activating group) is 1. The molecule has 1 aliphatic heterocycles. The van der Waals surface area contributed by atoms with Gasteiger partial charge in [-0.15, -0.1) is 12.4 Å². The molecule has 0 N–H and O–H groups in total. The minimum absolute atomic E-state index is 0. The maximum Gasteiger partial charge on any atom is 0.0505 e. The molecule has 4 heteroatoms. The lowest BCUT2D eigenvalue weighted by atomic mass is 9.89. The number of rotatable bonds is 5. The Bertz CT molecular complexity index is 732. The number of aryl methyl sites for hydroxylation is 2. The molecule has 2 heterocycles. The molecule has 3 nitrogen and oxygen atoms in total. The van der Waals surface area contributed by atoms with Gasteiger partial charge in [-0.05, 0) is 57.0 Å². The van der Waals surface area contributed by atoms with Crippen molar-refractivity contribution in [2.24, 2.45) is 0 Å². The second kappa shape index (κ2) is 7.69. The first-order valence-corrected chi connectivity index (χ1v) is 9.81. The van der Waals surface area contributed by atoms with Crippen molar-refractivity contribution in [3.63, 3.8) is 0 Å². The van der Waals surface area contributed by atoms with Crippen molar-refractivity contribution >= 4 is 23.3 Å². The monoisotopic (exact) mass is 361 g/mol. The normalized spacial score (nSPS) is 19.9. The molecule has 4 rings (SSSR count). The fourth-order valence-electron chi connectivity index (χ4n) is 4.87. The fraction of sp³-hybridized carbons (Fsp3) is 0.619. The Morgan fingerprint density at radius 3 is 2.72 bits per heavy atom. The maximum absolute atomic E-state index is 2.77. The van der Waals surface area contributed by atoms with E-state index in [0.29, 0.717) is 6.04 Å². The third-order valence-corrected chi connectivity index (χ3v) is 6.24. The molecular weight excluding hydrogens is 330 g/mol. The number of nitrogens with zero attached hydrogens (tertiary/aromatic N) is 3. The van der Waals surface area contributed by atoms with Gasteiger partial charge in [0.25, 0.3) is 0 Å². The number of halogens is 1. The summed E-state index contributed by atoms with van der Waals surface area (Å²) >= 11 is 0. The second-order valence-corrected chi connectivity index (χ2v) is 7.51. The van der Waals surface area contributed by atoms with Gasteiger partial charge in [0.2, 0.25) is 0 Å². The summed E-state index contributed by atoms with van der Waals surface area (Å²) in [6.45, 7) is 13.9. The molecule has 138 valence electrons. The van der Waals surface area contributed by atoms with Crippen LogP contribution in [-0.2, 0) is 13.0 Å². The van der Waals surface area contributed by atoms with Crippen molar-refractivity contribution in [3.8, 4) is 0 Å². The molecule has 0 saturated heterocycles. The summed E-state index contributed by atoms with van der Waals surface area (Å²) in [5.74, 6) is 0. The van der Waals surface area contributed by atoms with Gasteiger partial charge >= 0.3 is 0 Å². The standard InChI is InChI=1S/C21H31N3.ClH/c1-4-22(5-2)11-12-23-13-14-24-19-10-9-16(3)15-18(19)17-7-6-8-20(23)21(17)24;/h9-10,15,20H,4-8,11-14H2,1-3H3;1H. The highest BCUT2D eigenvalue weighted by molar-refractivity contribution is 5.87. The third kappa shape index (κ3) is 3.22. The number of aromatic nitrogens is 1. The van der Waals surface area contributed by atoms with Crippen LogP contribution in [0.3, 0.4) is 0 Å². The predicted molar refractivity (Wildman–Crippen MR) is 109 cm³/mol. The number of hydrogen-bond donors (Lipinski definition) is 0. The van der Waals surface area contributed by atoms with Crippen molar-refractivity contribution in [1.82, 2.24) is 14.4 Å². The van der Waals surface area contributed by atoms with Crippen LogP contribution in [0.25, 0.3) is 10.9 Å². The van der Waals surface area contributed by atoms with Crippen LogP contribution in [0.2, 0.25) is 0 Å². The van der Waals surface area contributed by atoms with Crippen LogP contribution in [0, 0.1) is 6.92 Å². The summed E-state index contributed by atoms with van der Waals surface area (Å²) in [5.41, 5.74) is 6.16.